The molecule has 0 amide bonds. The summed E-state index contributed by atoms with van der Waals surface area (Å²) in [7, 11) is 5.99. The number of hydrogen-bond donors (Lipinski definition) is 0. The minimum Gasteiger partial charge on any atom is -0.497 e. The van der Waals surface area contributed by atoms with E-state index in [1.807, 2.05) is 6.07 Å². The number of methoxy groups -OCH3 is 1. The molecular weight excluding hydrogens is 248 g/mol. The van der Waals surface area contributed by atoms with E-state index in [0.717, 1.165) is 18.7 Å². The van der Waals surface area contributed by atoms with Crippen molar-refractivity contribution in [1.29, 1.82) is 0 Å². The van der Waals surface area contributed by atoms with Crippen LogP contribution in [0.4, 0.5) is 0 Å². The maximum absolute atomic E-state index is 5.33. The van der Waals surface area contributed by atoms with Crippen molar-refractivity contribution in [3.05, 3.63) is 53.9 Å². The fraction of sp³-hybridized carbons (Fsp3) is 0.412. The van der Waals surface area contributed by atoms with E-state index in [0.29, 0.717) is 6.04 Å². The van der Waals surface area contributed by atoms with Crippen LogP contribution < -0.4 is 4.74 Å². The van der Waals surface area contributed by atoms with E-state index in [1.54, 1.807) is 7.11 Å². The fourth-order valence-electron chi connectivity index (χ4n) is 2.68. The van der Waals surface area contributed by atoms with Crippen molar-refractivity contribution >= 4 is 0 Å². The fourth-order valence-corrected chi connectivity index (χ4v) is 2.68. The summed E-state index contributed by atoms with van der Waals surface area (Å²) in [5.41, 5.74) is 2.64. The van der Waals surface area contributed by atoms with Crippen molar-refractivity contribution in [2.24, 2.45) is 7.05 Å². The summed E-state index contributed by atoms with van der Waals surface area (Å²) in [6, 6.07) is 13.0. The lowest BCUT2D eigenvalue weighted by Gasteiger charge is -2.28. The molecule has 2 aromatic rings. The molecule has 1 aromatic carbocycles. The van der Waals surface area contributed by atoms with Crippen LogP contribution in [0, 0.1) is 0 Å². The molecule has 0 aliphatic rings. The molecule has 0 saturated carbocycles. The van der Waals surface area contributed by atoms with Gasteiger partial charge in [0.05, 0.1) is 7.11 Å². The molecule has 0 fully saturated rings. The molecule has 1 atom stereocenters. The lowest BCUT2D eigenvalue weighted by atomic mass is 10.0. The lowest BCUT2D eigenvalue weighted by Crippen LogP contribution is -2.24. The number of hydrogen-bond acceptors (Lipinski definition) is 2. The highest BCUT2D eigenvalue weighted by atomic mass is 16.5. The van der Waals surface area contributed by atoms with Crippen molar-refractivity contribution in [2.75, 3.05) is 14.2 Å². The second-order valence-corrected chi connectivity index (χ2v) is 5.23. The van der Waals surface area contributed by atoms with Gasteiger partial charge in [-0.3, -0.25) is 4.90 Å². The second-order valence-electron chi connectivity index (χ2n) is 5.23. The van der Waals surface area contributed by atoms with E-state index < -0.39 is 0 Å². The summed E-state index contributed by atoms with van der Waals surface area (Å²) in [5.74, 6) is 0.924. The van der Waals surface area contributed by atoms with Crippen LogP contribution in [0.3, 0.4) is 0 Å². The molecule has 3 nitrogen and oxygen atoms in total. The Kier molecular flexibility index (Phi) is 4.85. The van der Waals surface area contributed by atoms with Gasteiger partial charge in [-0.1, -0.05) is 19.1 Å². The SMILES string of the molecule is CCC(c1cccc(OC)c1)N(C)Cc1cccn1C. The third-order valence-corrected chi connectivity index (χ3v) is 3.86. The van der Waals surface area contributed by atoms with Crippen molar-refractivity contribution in [2.45, 2.75) is 25.9 Å². The van der Waals surface area contributed by atoms with Crippen molar-refractivity contribution < 1.29 is 4.74 Å². The maximum Gasteiger partial charge on any atom is 0.119 e. The molecule has 1 aromatic heterocycles. The molecule has 3 heteroatoms. The third-order valence-electron chi connectivity index (χ3n) is 3.86. The first-order valence-electron chi connectivity index (χ1n) is 7.10. The van der Waals surface area contributed by atoms with E-state index >= 15 is 0 Å². The Balaban J connectivity index is 2.16. The number of nitrogens with zero attached hydrogens (tertiary/aromatic N) is 2. The summed E-state index contributed by atoms with van der Waals surface area (Å²) in [6.45, 7) is 3.17. The van der Waals surface area contributed by atoms with Gasteiger partial charge in [-0.2, -0.15) is 0 Å². The predicted octanol–water partition coefficient (Wildman–Crippen LogP) is 3.62. The summed E-state index contributed by atoms with van der Waals surface area (Å²) in [4.78, 5) is 2.39. The van der Waals surface area contributed by atoms with Crippen LogP contribution in [0.15, 0.2) is 42.6 Å². The van der Waals surface area contributed by atoms with Gasteiger partial charge in [0.25, 0.3) is 0 Å². The van der Waals surface area contributed by atoms with Gasteiger partial charge in [0.15, 0.2) is 0 Å². The van der Waals surface area contributed by atoms with Crippen LogP contribution in [-0.4, -0.2) is 23.6 Å². The van der Waals surface area contributed by atoms with Gasteiger partial charge in [-0.25, -0.2) is 0 Å². The summed E-state index contributed by atoms with van der Waals surface area (Å²) in [6.07, 6.45) is 3.17. The maximum atomic E-state index is 5.33. The van der Waals surface area contributed by atoms with E-state index in [9.17, 15) is 0 Å². The first-order valence-corrected chi connectivity index (χ1v) is 7.10. The summed E-state index contributed by atoms with van der Waals surface area (Å²) >= 11 is 0. The van der Waals surface area contributed by atoms with Crippen molar-refractivity contribution in [3.8, 4) is 5.75 Å². The Labute approximate surface area is 121 Å². The standard InChI is InChI=1S/C17H24N2O/c1-5-17(14-8-6-10-16(12-14)20-4)19(3)13-15-9-7-11-18(15)2/h6-12,17H,5,13H2,1-4H3. The minimum atomic E-state index is 0.403. The zero-order valence-corrected chi connectivity index (χ0v) is 12.8. The highest BCUT2D eigenvalue weighted by Gasteiger charge is 2.16. The average Bonchev–Trinajstić information content (AvgIpc) is 2.85. The number of ether oxygens (including phenoxy) is 1. The van der Waals surface area contributed by atoms with Crippen LogP contribution in [-0.2, 0) is 13.6 Å². The molecule has 108 valence electrons. The third kappa shape index (κ3) is 3.23. The normalized spacial score (nSPS) is 12.7. The van der Waals surface area contributed by atoms with Crippen LogP contribution in [0.25, 0.3) is 0 Å². The molecule has 0 saturated heterocycles. The minimum absolute atomic E-state index is 0.403. The van der Waals surface area contributed by atoms with E-state index in [4.69, 9.17) is 4.74 Å². The molecular formula is C17H24N2O. The Morgan fingerprint density at radius 3 is 2.65 bits per heavy atom. The van der Waals surface area contributed by atoms with Crippen LogP contribution in [0.5, 0.6) is 5.75 Å². The number of rotatable bonds is 6. The predicted molar refractivity (Wildman–Crippen MR) is 82.9 cm³/mol. The van der Waals surface area contributed by atoms with Gasteiger partial charge in [0.2, 0.25) is 0 Å². The quantitative estimate of drug-likeness (QED) is 0.799. The molecule has 1 heterocycles. The average molecular weight is 272 g/mol. The van der Waals surface area contributed by atoms with E-state index in [-0.39, 0.29) is 0 Å². The smallest absolute Gasteiger partial charge is 0.119 e. The Bertz CT molecular complexity index is 547. The molecule has 20 heavy (non-hydrogen) atoms. The highest BCUT2D eigenvalue weighted by molar-refractivity contribution is 5.30. The van der Waals surface area contributed by atoms with E-state index in [2.05, 4.69) is 67.0 Å². The van der Waals surface area contributed by atoms with Crippen LogP contribution >= 0.6 is 0 Å². The van der Waals surface area contributed by atoms with Crippen LogP contribution in [0.2, 0.25) is 0 Å². The highest BCUT2D eigenvalue weighted by Crippen LogP contribution is 2.27. The zero-order valence-electron chi connectivity index (χ0n) is 12.8. The first-order chi connectivity index (χ1) is 9.65. The van der Waals surface area contributed by atoms with Gasteiger partial charge in [-0.15, -0.1) is 0 Å². The Hall–Kier alpha value is -1.74. The topological polar surface area (TPSA) is 17.4 Å². The molecule has 0 bridgehead atoms. The molecule has 0 aliphatic heterocycles. The molecule has 1 unspecified atom stereocenters. The molecule has 0 aliphatic carbocycles. The number of aryl methyl sites for hydroxylation is 1. The van der Waals surface area contributed by atoms with Gasteiger partial charge >= 0.3 is 0 Å². The van der Waals surface area contributed by atoms with E-state index in [1.165, 1.54) is 11.3 Å². The monoisotopic (exact) mass is 272 g/mol. The summed E-state index contributed by atoms with van der Waals surface area (Å²) < 4.78 is 7.51. The number of aromatic nitrogens is 1. The van der Waals surface area contributed by atoms with Crippen molar-refractivity contribution in [1.82, 2.24) is 9.47 Å². The lowest BCUT2D eigenvalue weighted by molar-refractivity contribution is 0.225. The zero-order chi connectivity index (χ0) is 14.5. The number of benzene rings is 1. The van der Waals surface area contributed by atoms with Gasteiger partial charge < -0.3 is 9.30 Å². The summed E-state index contributed by atoms with van der Waals surface area (Å²) in [5, 5.41) is 0. The second kappa shape index (κ2) is 6.62. The van der Waals surface area contributed by atoms with Crippen LogP contribution in [0.1, 0.15) is 30.6 Å². The molecule has 0 N–H and O–H groups in total. The largest absolute Gasteiger partial charge is 0.497 e. The first kappa shape index (κ1) is 14.7. The van der Waals surface area contributed by atoms with Gasteiger partial charge in [0.1, 0.15) is 5.75 Å². The molecule has 0 spiro atoms. The van der Waals surface area contributed by atoms with Gasteiger partial charge in [-0.05, 0) is 43.3 Å². The Morgan fingerprint density at radius 2 is 2.05 bits per heavy atom. The Morgan fingerprint density at radius 1 is 1.25 bits per heavy atom. The van der Waals surface area contributed by atoms with Gasteiger partial charge in [0, 0.05) is 31.5 Å². The molecule has 2 rings (SSSR count). The van der Waals surface area contributed by atoms with Crippen molar-refractivity contribution in [3.63, 3.8) is 0 Å². The molecule has 0 radical (unpaired) electrons.